The molecule has 1 aromatic carbocycles. The molecule has 0 radical (unpaired) electrons. The number of carbonyl (C=O) groups is 2. The number of nitrogens with one attached hydrogen (secondary N) is 1. The van der Waals surface area contributed by atoms with Crippen molar-refractivity contribution >= 4 is 12.0 Å². The van der Waals surface area contributed by atoms with Gasteiger partial charge in [0.15, 0.2) is 0 Å². The molecule has 2 amide bonds. The van der Waals surface area contributed by atoms with Crippen molar-refractivity contribution in [1.29, 1.82) is 0 Å². The molecule has 1 aliphatic rings. The molecule has 1 N–H and O–H groups in total. The first kappa shape index (κ1) is 17.7. The van der Waals surface area contributed by atoms with E-state index in [1.54, 1.807) is 20.9 Å². The van der Waals surface area contributed by atoms with E-state index in [9.17, 15) is 18.4 Å². The van der Waals surface area contributed by atoms with Crippen molar-refractivity contribution < 1.29 is 27.8 Å². The van der Waals surface area contributed by atoms with Gasteiger partial charge in [-0.1, -0.05) is 12.1 Å². The summed E-state index contributed by atoms with van der Waals surface area (Å²) in [5, 5.41) is 2.70. The van der Waals surface area contributed by atoms with Crippen molar-refractivity contribution in [3.05, 3.63) is 41.1 Å². The fraction of sp³-hybridized carbons (Fsp3) is 0.375. The van der Waals surface area contributed by atoms with E-state index >= 15 is 0 Å². The second-order valence-electron chi connectivity index (χ2n) is 5.11. The Labute approximate surface area is 138 Å². The van der Waals surface area contributed by atoms with Crippen LogP contribution in [0.1, 0.15) is 25.5 Å². The first-order valence-electron chi connectivity index (χ1n) is 7.32. The molecular weight excluding hydrogens is 322 g/mol. The average Bonchev–Trinajstić information content (AvgIpc) is 2.52. The Morgan fingerprint density at radius 3 is 2.50 bits per heavy atom. The third kappa shape index (κ3) is 3.64. The fourth-order valence-electron chi connectivity index (χ4n) is 2.40. The van der Waals surface area contributed by atoms with Gasteiger partial charge in [-0.3, -0.25) is 0 Å². The molecule has 1 heterocycles. The van der Waals surface area contributed by atoms with Gasteiger partial charge in [0.2, 0.25) is 0 Å². The van der Waals surface area contributed by atoms with Crippen LogP contribution in [0.15, 0.2) is 35.5 Å². The third-order valence-corrected chi connectivity index (χ3v) is 3.69. The van der Waals surface area contributed by atoms with Crippen LogP contribution in [0, 0.1) is 0 Å². The van der Waals surface area contributed by atoms with Crippen molar-refractivity contribution in [2.75, 3.05) is 13.7 Å². The molecule has 1 aliphatic heterocycles. The highest BCUT2D eigenvalue weighted by molar-refractivity contribution is 5.94. The Bertz CT molecular complexity index is 659. The van der Waals surface area contributed by atoms with E-state index in [-0.39, 0.29) is 18.4 Å². The van der Waals surface area contributed by atoms with Crippen molar-refractivity contribution in [1.82, 2.24) is 10.2 Å². The minimum Gasteiger partial charge on any atom is -0.463 e. The summed E-state index contributed by atoms with van der Waals surface area (Å²) in [6.07, 6.45) is 0. The molecule has 0 saturated heterocycles. The molecular formula is C16H18F2N2O4. The number of hydrogen-bond donors (Lipinski definition) is 1. The first-order chi connectivity index (χ1) is 11.3. The van der Waals surface area contributed by atoms with Crippen LogP contribution in [-0.4, -0.2) is 37.2 Å². The van der Waals surface area contributed by atoms with E-state index in [4.69, 9.17) is 4.74 Å². The number of esters is 1. The molecule has 6 nitrogen and oxygen atoms in total. The van der Waals surface area contributed by atoms with Crippen LogP contribution in [0.25, 0.3) is 0 Å². The molecule has 8 heteroatoms. The van der Waals surface area contributed by atoms with Gasteiger partial charge in [0.25, 0.3) is 0 Å². The van der Waals surface area contributed by atoms with Crippen molar-refractivity contribution in [2.45, 2.75) is 26.5 Å². The van der Waals surface area contributed by atoms with Gasteiger partial charge < -0.3 is 19.7 Å². The van der Waals surface area contributed by atoms with E-state index in [0.29, 0.717) is 16.8 Å². The lowest BCUT2D eigenvalue weighted by Crippen LogP contribution is -2.46. The summed E-state index contributed by atoms with van der Waals surface area (Å²) < 4.78 is 33.8. The highest BCUT2D eigenvalue weighted by Crippen LogP contribution is 2.31. The summed E-state index contributed by atoms with van der Waals surface area (Å²) in [5.41, 5.74) is 1.32. The van der Waals surface area contributed by atoms with Crippen LogP contribution < -0.4 is 10.1 Å². The van der Waals surface area contributed by atoms with Crippen LogP contribution in [-0.2, 0) is 9.53 Å². The predicted molar refractivity (Wildman–Crippen MR) is 81.4 cm³/mol. The molecule has 0 bridgehead atoms. The zero-order chi connectivity index (χ0) is 17.9. The van der Waals surface area contributed by atoms with Gasteiger partial charge in [-0.05, 0) is 31.5 Å². The van der Waals surface area contributed by atoms with E-state index in [1.165, 1.54) is 29.2 Å². The highest BCUT2D eigenvalue weighted by atomic mass is 19.3. The lowest BCUT2D eigenvalue weighted by Gasteiger charge is -2.33. The minimum absolute atomic E-state index is 0.00797. The van der Waals surface area contributed by atoms with Gasteiger partial charge in [-0.25, -0.2) is 9.59 Å². The second kappa shape index (κ2) is 7.29. The molecule has 130 valence electrons. The first-order valence-corrected chi connectivity index (χ1v) is 7.32. The fourth-order valence-corrected chi connectivity index (χ4v) is 2.40. The maximum Gasteiger partial charge on any atom is 0.387 e. The summed E-state index contributed by atoms with van der Waals surface area (Å²) in [5.74, 6) is -0.550. The molecule has 2 rings (SSSR count). The van der Waals surface area contributed by atoms with Gasteiger partial charge in [0.05, 0.1) is 18.2 Å². The van der Waals surface area contributed by atoms with E-state index in [1.807, 2.05) is 0 Å². The van der Waals surface area contributed by atoms with Gasteiger partial charge in [-0.2, -0.15) is 8.78 Å². The Hall–Kier alpha value is -2.64. The Kier molecular flexibility index (Phi) is 5.38. The molecule has 24 heavy (non-hydrogen) atoms. The highest BCUT2D eigenvalue weighted by Gasteiger charge is 2.34. The quantitative estimate of drug-likeness (QED) is 0.837. The van der Waals surface area contributed by atoms with E-state index < -0.39 is 18.6 Å². The number of allylic oxidation sites excluding steroid dienone is 1. The Balaban J connectivity index is 2.38. The monoisotopic (exact) mass is 340 g/mol. The number of hydrogen-bond acceptors (Lipinski definition) is 4. The summed E-state index contributed by atoms with van der Waals surface area (Å²) in [4.78, 5) is 25.6. The maximum atomic E-state index is 12.3. The molecule has 0 aliphatic carbocycles. The molecule has 1 aromatic rings. The second-order valence-corrected chi connectivity index (χ2v) is 5.11. The van der Waals surface area contributed by atoms with Gasteiger partial charge in [0.1, 0.15) is 5.75 Å². The number of nitrogens with zero attached hydrogens (tertiary/aromatic N) is 1. The number of amides is 2. The van der Waals surface area contributed by atoms with E-state index in [0.717, 1.165) is 0 Å². The zero-order valence-electron chi connectivity index (χ0n) is 13.5. The van der Waals surface area contributed by atoms with Crippen LogP contribution in [0.4, 0.5) is 13.6 Å². The van der Waals surface area contributed by atoms with E-state index in [2.05, 4.69) is 10.1 Å². The molecule has 1 unspecified atom stereocenters. The summed E-state index contributed by atoms with van der Waals surface area (Å²) in [6.45, 7) is 0.605. The number of benzene rings is 1. The summed E-state index contributed by atoms with van der Waals surface area (Å²) in [7, 11) is 1.54. The van der Waals surface area contributed by atoms with Gasteiger partial charge >= 0.3 is 18.6 Å². The number of halogens is 2. The zero-order valence-corrected chi connectivity index (χ0v) is 13.5. The number of alkyl halides is 2. The number of urea groups is 1. The lowest BCUT2D eigenvalue weighted by atomic mass is 9.95. The van der Waals surface area contributed by atoms with Gasteiger partial charge in [0, 0.05) is 12.7 Å². The average molecular weight is 340 g/mol. The molecule has 0 saturated carbocycles. The van der Waals surface area contributed by atoms with Crippen molar-refractivity contribution in [2.24, 2.45) is 0 Å². The Morgan fingerprint density at radius 1 is 1.33 bits per heavy atom. The topological polar surface area (TPSA) is 67.9 Å². The number of carbonyl (C=O) groups excluding carboxylic acids is 2. The SMILES string of the molecule is CCOC(=O)C1=C(C)N(C)C(=O)NC1c1ccc(OC(F)F)cc1. The smallest absolute Gasteiger partial charge is 0.387 e. The number of rotatable bonds is 5. The molecule has 0 aromatic heterocycles. The van der Waals surface area contributed by atoms with Crippen molar-refractivity contribution in [3.63, 3.8) is 0 Å². The standard InChI is InChI=1S/C16H18F2N2O4/c1-4-23-14(21)12-9(2)20(3)16(22)19-13(12)10-5-7-11(8-6-10)24-15(17)18/h5-8,13,15H,4H2,1-3H3,(H,19,22). The lowest BCUT2D eigenvalue weighted by molar-refractivity contribution is -0.139. The van der Waals surface area contributed by atoms with Crippen LogP contribution in [0.5, 0.6) is 5.75 Å². The molecule has 0 fully saturated rings. The molecule has 0 spiro atoms. The van der Waals surface area contributed by atoms with Crippen LogP contribution in [0.3, 0.4) is 0 Å². The summed E-state index contributed by atoms with van der Waals surface area (Å²) >= 11 is 0. The normalized spacial score (nSPS) is 17.8. The number of ether oxygens (including phenoxy) is 2. The maximum absolute atomic E-state index is 12.3. The van der Waals surface area contributed by atoms with Gasteiger partial charge in [-0.15, -0.1) is 0 Å². The van der Waals surface area contributed by atoms with Crippen LogP contribution in [0.2, 0.25) is 0 Å². The summed E-state index contributed by atoms with van der Waals surface area (Å²) in [6, 6.07) is 4.63. The van der Waals surface area contributed by atoms with Crippen LogP contribution >= 0.6 is 0 Å². The predicted octanol–water partition coefficient (Wildman–Crippen LogP) is 2.82. The Morgan fingerprint density at radius 2 is 1.96 bits per heavy atom. The minimum atomic E-state index is -2.92. The molecule has 1 atom stereocenters. The third-order valence-electron chi connectivity index (χ3n) is 3.69. The van der Waals surface area contributed by atoms with Crippen molar-refractivity contribution in [3.8, 4) is 5.75 Å². The largest absolute Gasteiger partial charge is 0.463 e.